The van der Waals surface area contributed by atoms with Crippen LogP contribution in [0.25, 0.3) is 0 Å². The summed E-state index contributed by atoms with van der Waals surface area (Å²) in [4.78, 5) is 14.2. The van der Waals surface area contributed by atoms with Gasteiger partial charge in [-0.05, 0) is 26.3 Å². The molecular formula is C13H29Cl2N3O2. The van der Waals surface area contributed by atoms with E-state index in [2.05, 4.69) is 10.2 Å². The molecule has 1 amide bonds. The lowest BCUT2D eigenvalue weighted by atomic mass is 10.0. The van der Waals surface area contributed by atoms with Crippen molar-refractivity contribution in [3.8, 4) is 0 Å². The standard InChI is InChI=1S/C13H27N3O2.2ClH/c1-10(11(2)14)13(17)15-9-12-5-4-6-16(12)7-8-18-3;;/h10-12H,4-9,14H2,1-3H3,(H,15,17);2*1H. The molecule has 1 rings (SSSR count). The van der Waals surface area contributed by atoms with E-state index in [0.29, 0.717) is 6.04 Å². The summed E-state index contributed by atoms with van der Waals surface area (Å²) in [6, 6.07) is 0.350. The molecule has 0 aliphatic carbocycles. The normalized spacial score (nSPS) is 21.5. The molecule has 1 saturated heterocycles. The number of hydrogen-bond donors (Lipinski definition) is 2. The summed E-state index contributed by atoms with van der Waals surface area (Å²) in [5, 5.41) is 3.01. The van der Waals surface area contributed by atoms with Crippen LogP contribution in [0.3, 0.4) is 0 Å². The molecule has 0 aromatic rings. The minimum absolute atomic E-state index is 0. The number of amides is 1. The van der Waals surface area contributed by atoms with Gasteiger partial charge < -0.3 is 15.8 Å². The van der Waals surface area contributed by atoms with E-state index in [1.807, 2.05) is 13.8 Å². The van der Waals surface area contributed by atoms with Crippen LogP contribution in [0.5, 0.6) is 0 Å². The van der Waals surface area contributed by atoms with E-state index < -0.39 is 0 Å². The maximum absolute atomic E-state index is 11.8. The number of ether oxygens (including phenoxy) is 1. The van der Waals surface area contributed by atoms with Crippen LogP contribution in [0.1, 0.15) is 26.7 Å². The summed E-state index contributed by atoms with van der Waals surface area (Å²) in [6.07, 6.45) is 2.35. The number of nitrogens with one attached hydrogen (secondary N) is 1. The molecule has 0 spiro atoms. The summed E-state index contributed by atoms with van der Waals surface area (Å²) < 4.78 is 5.10. The Kier molecular flexibility index (Phi) is 12.9. The number of hydrogen-bond acceptors (Lipinski definition) is 4. The van der Waals surface area contributed by atoms with E-state index in [0.717, 1.165) is 32.7 Å². The molecule has 3 atom stereocenters. The van der Waals surface area contributed by atoms with E-state index in [4.69, 9.17) is 10.5 Å². The Morgan fingerprint density at radius 1 is 1.45 bits per heavy atom. The number of nitrogens with two attached hydrogens (primary N) is 1. The lowest BCUT2D eigenvalue weighted by Gasteiger charge is -2.25. The first-order chi connectivity index (χ1) is 8.56. The van der Waals surface area contributed by atoms with E-state index in [1.54, 1.807) is 7.11 Å². The molecule has 0 radical (unpaired) electrons. The van der Waals surface area contributed by atoms with Crippen molar-refractivity contribution in [2.24, 2.45) is 11.7 Å². The van der Waals surface area contributed by atoms with Gasteiger partial charge in [0.1, 0.15) is 0 Å². The highest BCUT2D eigenvalue weighted by Crippen LogP contribution is 2.16. The number of rotatable bonds is 7. The smallest absolute Gasteiger partial charge is 0.224 e. The molecule has 0 bridgehead atoms. The van der Waals surface area contributed by atoms with Gasteiger partial charge in [-0.1, -0.05) is 6.92 Å². The summed E-state index contributed by atoms with van der Waals surface area (Å²) in [6.45, 7) is 7.26. The third-order valence-electron chi connectivity index (χ3n) is 3.80. The van der Waals surface area contributed by atoms with Crippen LogP contribution < -0.4 is 11.1 Å². The summed E-state index contributed by atoms with van der Waals surface area (Å²) in [7, 11) is 1.72. The van der Waals surface area contributed by atoms with Crippen molar-refractivity contribution in [2.75, 3.05) is 33.4 Å². The highest BCUT2D eigenvalue weighted by Gasteiger charge is 2.25. The van der Waals surface area contributed by atoms with Crippen molar-refractivity contribution in [1.82, 2.24) is 10.2 Å². The van der Waals surface area contributed by atoms with E-state index >= 15 is 0 Å². The van der Waals surface area contributed by atoms with Crippen LogP contribution in [-0.4, -0.2) is 56.2 Å². The molecule has 1 aliphatic heterocycles. The Hall–Kier alpha value is -0.0700. The van der Waals surface area contributed by atoms with Crippen molar-refractivity contribution < 1.29 is 9.53 Å². The molecule has 5 nitrogen and oxygen atoms in total. The molecule has 3 N–H and O–H groups in total. The molecule has 0 aromatic carbocycles. The zero-order valence-electron chi connectivity index (χ0n) is 12.6. The third kappa shape index (κ3) is 7.09. The van der Waals surface area contributed by atoms with Crippen molar-refractivity contribution in [3.05, 3.63) is 0 Å². The first-order valence-corrected chi connectivity index (χ1v) is 6.82. The summed E-state index contributed by atoms with van der Waals surface area (Å²) in [5.74, 6) is -0.0672. The van der Waals surface area contributed by atoms with Gasteiger partial charge in [0.15, 0.2) is 0 Å². The van der Waals surface area contributed by atoms with Crippen LogP contribution in [0.15, 0.2) is 0 Å². The van der Waals surface area contributed by atoms with Crippen LogP contribution >= 0.6 is 24.8 Å². The Morgan fingerprint density at radius 2 is 2.10 bits per heavy atom. The maximum atomic E-state index is 11.8. The SMILES string of the molecule is COCCN1CCCC1CNC(=O)C(C)C(C)N.Cl.Cl. The zero-order chi connectivity index (χ0) is 13.5. The molecule has 1 fully saturated rings. The fourth-order valence-electron chi connectivity index (χ4n) is 2.25. The predicted molar refractivity (Wildman–Crippen MR) is 86.8 cm³/mol. The van der Waals surface area contributed by atoms with E-state index in [9.17, 15) is 4.79 Å². The average molecular weight is 330 g/mol. The second kappa shape index (κ2) is 11.6. The van der Waals surface area contributed by atoms with Gasteiger partial charge in [-0.25, -0.2) is 0 Å². The first-order valence-electron chi connectivity index (χ1n) is 6.82. The van der Waals surface area contributed by atoms with Crippen molar-refractivity contribution in [2.45, 2.75) is 38.8 Å². The van der Waals surface area contributed by atoms with Gasteiger partial charge in [-0.2, -0.15) is 0 Å². The molecule has 0 saturated carbocycles. The predicted octanol–water partition coefficient (Wildman–Crippen LogP) is 1.04. The largest absolute Gasteiger partial charge is 0.383 e. The maximum Gasteiger partial charge on any atom is 0.224 e. The Balaban J connectivity index is 0. The Morgan fingerprint density at radius 3 is 2.65 bits per heavy atom. The quantitative estimate of drug-likeness (QED) is 0.732. The van der Waals surface area contributed by atoms with Crippen molar-refractivity contribution in [3.63, 3.8) is 0 Å². The lowest BCUT2D eigenvalue weighted by Crippen LogP contribution is -2.45. The summed E-state index contributed by atoms with van der Waals surface area (Å²) >= 11 is 0. The molecular weight excluding hydrogens is 301 g/mol. The second-order valence-electron chi connectivity index (χ2n) is 5.22. The van der Waals surface area contributed by atoms with Crippen molar-refractivity contribution >= 4 is 30.7 Å². The highest BCUT2D eigenvalue weighted by molar-refractivity contribution is 5.85. The second-order valence-corrected chi connectivity index (χ2v) is 5.22. The fourth-order valence-corrected chi connectivity index (χ4v) is 2.25. The van der Waals surface area contributed by atoms with Gasteiger partial charge in [0.05, 0.1) is 6.61 Å². The topological polar surface area (TPSA) is 67.6 Å². The number of nitrogens with zero attached hydrogens (tertiary/aromatic N) is 1. The number of halogens is 2. The molecule has 3 unspecified atom stereocenters. The van der Waals surface area contributed by atoms with Gasteiger partial charge in [-0.3, -0.25) is 9.69 Å². The van der Waals surface area contributed by atoms with Crippen LogP contribution in [0, 0.1) is 5.92 Å². The minimum Gasteiger partial charge on any atom is -0.383 e. The zero-order valence-corrected chi connectivity index (χ0v) is 14.3. The fraction of sp³-hybridized carbons (Fsp3) is 0.923. The van der Waals surface area contributed by atoms with Crippen LogP contribution in [0.4, 0.5) is 0 Å². The number of likely N-dealkylation sites (tertiary alicyclic amines) is 1. The number of carbonyl (C=O) groups excluding carboxylic acids is 1. The van der Waals surface area contributed by atoms with Crippen molar-refractivity contribution in [1.29, 1.82) is 0 Å². The van der Waals surface area contributed by atoms with Crippen LogP contribution in [-0.2, 0) is 9.53 Å². The van der Waals surface area contributed by atoms with E-state index in [1.165, 1.54) is 6.42 Å². The van der Waals surface area contributed by atoms with Gasteiger partial charge in [0, 0.05) is 38.2 Å². The molecule has 1 heterocycles. The molecule has 122 valence electrons. The molecule has 1 aliphatic rings. The third-order valence-corrected chi connectivity index (χ3v) is 3.80. The van der Waals surface area contributed by atoms with Crippen LogP contribution in [0.2, 0.25) is 0 Å². The first kappa shape index (κ1) is 22.2. The monoisotopic (exact) mass is 329 g/mol. The Bertz CT molecular complexity index is 268. The lowest BCUT2D eigenvalue weighted by molar-refractivity contribution is -0.125. The molecule has 0 aromatic heterocycles. The minimum atomic E-state index is -0.126. The van der Waals surface area contributed by atoms with Gasteiger partial charge >= 0.3 is 0 Å². The van der Waals surface area contributed by atoms with Gasteiger partial charge in [0.2, 0.25) is 5.91 Å². The van der Waals surface area contributed by atoms with Gasteiger partial charge in [0.25, 0.3) is 0 Å². The van der Waals surface area contributed by atoms with Gasteiger partial charge in [-0.15, -0.1) is 24.8 Å². The molecule has 7 heteroatoms. The average Bonchev–Trinajstić information content (AvgIpc) is 2.79. The highest BCUT2D eigenvalue weighted by atomic mass is 35.5. The number of carbonyl (C=O) groups is 1. The van der Waals surface area contributed by atoms with E-state index in [-0.39, 0.29) is 42.7 Å². The summed E-state index contributed by atoms with van der Waals surface area (Å²) in [5.41, 5.74) is 5.73. The Labute approximate surface area is 134 Å². The number of methoxy groups -OCH3 is 1. The molecule has 20 heavy (non-hydrogen) atoms.